The summed E-state index contributed by atoms with van der Waals surface area (Å²) in [5, 5.41) is 0. The largest absolute Gasteiger partial charge is 0.381 e. The second-order valence-corrected chi connectivity index (χ2v) is 10.7. The van der Waals surface area contributed by atoms with Gasteiger partial charge in [0.1, 0.15) is 0 Å². The van der Waals surface area contributed by atoms with Crippen molar-refractivity contribution in [1.29, 1.82) is 0 Å². The minimum atomic E-state index is -3.59. The van der Waals surface area contributed by atoms with E-state index >= 15 is 0 Å². The second kappa shape index (κ2) is 6.53. The average molecular weight is 389 g/mol. The van der Waals surface area contributed by atoms with E-state index in [1.54, 1.807) is 13.2 Å². The summed E-state index contributed by atoms with van der Waals surface area (Å²) in [7, 11) is -5.42. The Labute approximate surface area is 148 Å². The average Bonchev–Trinajstić information content (AvgIpc) is 2.95. The summed E-state index contributed by atoms with van der Waals surface area (Å²) in [6, 6.07) is 4.33. The van der Waals surface area contributed by atoms with Gasteiger partial charge in [-0.1, -0.05) is 0 Å². The first-order valence-corrected chi connectivity index (χ1v) is 11.8. The first-order valence-electron chi connectivity index (χ1n) is 8.06. The molecule has 140 valence electrons. The molecule has 2 aliphatic rings. The van der Waals surface area contributed by atoms with Crippen LogP contribution in [0.25, 0.3) is 0 Å². The Morgan fingerprint density at radius 1 is 1.12 bits per heavy atom. The van der Waals surface area contributed by atoms with E-state index < -0.39 is 19.7 Å². The summed E-state index contributed by atoms with van der Waals surface area (Å²) in [6.07, 6.45) is 3.75. The third-order valence-electron chi connectivity index (χ3n) is 4.89. The second-order valence-electron chi connectivity index (χ2n) is 6.67. The predicted molar refractivity (Wildman–Crippen MR) is 93.6 cm³/mol. The molecule has 1 aliphatic carbocycles. The molecule has 1 heterocycles. The van der Waals surface area contributed by atoms with Gasteiger partial charge in [0.15, 0.2) is 19.7 Å². The van der Waals surface area contributed by atoms with Crippen molar-refractivity contribution in [3.05, 3.63) is 18.2 Å². The van der Waals surface area contributed by atoms with Crippen molar-refractivity contribution in [2.24, 2.45) is 0 Å². The summed E-state index contributed by atoms with van der Waals surface area (Å²) in [5.41, 5.74) is 0.532. The Kier molecular flexibility index (Phi) is 4.87. The van der Waals surface area contributed by atoms with Gasteiger partial charge in [0.25, 0.3) is 0 Å². The number of anilines is 1. The minimum absolute atomic E-state index is 0.00248. The molecule has 0 unspecified atom stereocenters. The van der Waals surface area contributed by atoms with Crippen LogP contribution in [0.4, 0.5) is 5.69 Å². The van der Waals surface area contributed by atoms with Crippen molar-refractivity contribution < 1.29 is 26.3 Å². The van der Waals surface area contributed by atoms with Crippen LogP contribution in [0.5, 0.6) is 0 Å². The maximum Gasteiger partial charge on any atom is 0.177 e. The molecule has 0 bridgehead atoms. The SMILES string of the molecule is CO[C@@H]1C[C@@H]2OCCN(c3ccc(S(C)(=O)=O)cc3S(C)(=O)=O)[C@@H]2C1. The van der Waals surface area contributed by atoms with Gasteiger partial charge in [-0.25, -0.2) is 16.8 Å². The quantitative estimate of drug-likeness (QED) is 0.755. The fourth-order valence-electron chi connectivity index (χ4n) is 3.66. The molecule has 0 spiro atoms. The van der Waals surface area contributed by atoms with E-state index in [2.05, 4.69) is 0 Å². The minimum Gasteiger partial charge on any atom is -0.381 e. The molecule has 0 aromatic heterocycles. The van der Waals surface area contributed by atoms with Crippen LogP contribution in [0.2, 0.25) is 0 Å². The van der Waals surface area contributed by atoms with Crippen LogP contribution in [-0.2, 0) is 29.1 Å². The maximum atomic E-state index is 12.3. The van der Waals surface area contributed by atoms with Crippen LogP contribution in [0, 0.1) is 0 Å². The van der Waals surface area contributed by atoms with Gasteiger partial charge in [0.05, 0.1) is 40.3 Å². The number of hydrogen-bond donors (Lipinski definition) is 0. The Morgan fingerprint density at radius 3 is 2.44 bits per heavy atom. The third kappa shape index (κ3) is 3.69. The maximum absolute atomic E-state index is 12.3. The molecule has 1 saturated carbocycles. The van der Waals surface area contributed by atoms with Gasteiger partial charge in [0, 0.05) is 32.6 Å². The van der Waals surface area contributed by atoms with Crippen molar-refractivity contribution in [3.8, 4) is 0 Å². The molecule has 0 amide bonds. The number of nitrogens with zero attached hydrogens (tertiary/aromatic N) is 1. The summed E-state index contributed by atoms with van der Waals surface area (Å²) in [4.78, 5) is 2.06. The number of fused-ring (bicyclic) bond motifs is 1. The highest BCUT2D eigenvalue weighted by Crippen LogP contribution is 2.37. The first-order chi connectivity index (χ1) is 11.6. The smallest absolute Gasteiger partial charge is 0.177 e. The van der Waals surface area contributed by atoms with Gasteiger partial charge < -0.3 is 14.4 Å². The van der Waals surface area contributed by atoms with Crippen molar-refractivity contribution in [2.75, 3.05) is 37.7 Å². The fraction of sp³-hybridized carbons (Fsp3) is 0.625. The van der Waals surface area contributed by atoms with E-state index in [4.69, 9.17) is 9.47 Å². The molecular formula is C16H23NO6S2. The molecular weight excluding hydrogens is 366 g/mol. The predicted octanol–water partition coefficient (Wildman–Crippen LogP) is 0.876. The normalized spacial score (nSPS) is 27.3. The molecule has 1 aliphatic heterocycles. The number of morpholine rings is 1. The lowest BCUT2D eigenvalue weighted by molar-refractivity contribution is 0.0168. The third-order valence-corrected chi connectivity index (χ3v) is 7.13. The van der Waals surface area contributed by atoms with Crippen molar-refractivity contribution in [1.82, 2.24) is 0 Å². The highest BCUT2D eigenvalue weighted by atomic mass is 32.2. The van der Waals surface area contributed by atoms with Gasteiger partial charge in [-0.15, -0.1) is 0 Å². The van der Waals surface area contributed by atoms with Crippen LogP contribution in [0.1, 0.15) is 12.8 Å². The summed E-state index contributed by atoms with van der Waals surface area (Å²) in [6.45, 7) is 1.05. The van der Waals surface area contributed by atoms with E-state index in [9.17, 15) is 16.8 Å². The van der Waals surface area contributed by atoms with E-state index in [-0.39, 0.29) is 28.0 Å². The first kappa shape index (κ1) is 18.6. The summed E-state index contributed by atoms with van der Waals surface area (Å²) < 4.78 is 59.5. The topological polar surface area (TPSA) is 90.0 Å². The molecule has 1 aromatic carbocycles. The highest BCUT2D eigenvalue weighted by Gasteiger charge is 2.42. The molecule has 3 atom stereocenters. The lowest BCUT2D eigenvalue weighted by Gasteiger charge is -2.40. The number of hydrogen-bond acceptors (Lipinski definition) is 7. The van der Waals surface area contributed by atoms with E-state index in [1.165, 1.54) is 12.1 Å². The monoisotopic (exact) mass is 389 g/mol. The molecule has 0 N–H and O–H groups in total. The van der Waals surface area contributed by atoms with Crippen LogP contribution < -0.4 is 4.90 Å². The summed E-state index contributed by atoms with van der Waals surface area (Å²) >= 11 is 0. The molecule has 9 heteroatoms. The van der Waals surface area contributed by atoms with Crippen molar-refractivity contribution in [2.45, 2.75) is 40.9 Å². The number of methoxy groups -OCH3 is 1. The lowest BCUT2D eigenvalue weighted by atomic mass is 10.1. The standard InChI is InChI=1S/C16H23NO6S2/c1-22-11-8-14-15(9-11)23-7-6-17(14)13-5-4-12(24(2,18)19)10-16(13)25(3,20)21/h4-5,10-11,14-15H,6-9H2,1-3H3/t11-,14+,15-/m0/s1. The van der Waals surface area contributed by atoms with Crippen molar-refractivity contribution in [3.63, 3.8) is 0 Å². The van der Waals surface area contributed by atoms with E-state index in [1.807, 2.05) is 4.90 Å². The van der Waals surface area contributed by atoms with Crippen LogP contribution in [0.15, 0.2) is 28.0 Å². The van der Waals surface area contributed by atoms with Crippen LogP contribution in [-0.4, -0.2) is 67.9 Å². The number of sulfone groups is 2. The molecule has 1 aromatic rings. The van der Waals surface area contributed by atoms with Gasteiger partial charge >= 0.3 is 0 Å². The van der Waals surface area contributed by atoms with E-state index in [0.29, 0.717) is 18.8 Å². The zero-order valence-corrected chi connectivity index (χ0v) is 16.1. The zero-order valence-electron chi connectivity index (χ0n) is 14.5. The van der Waals surface area contributed by atoms with Crippen molar-refractivity contribution >= 4 is 25.4 Å². The Balaban J connectivity index is 2.07. The Hall–Kier alpha value is -1.16. The molecule has 3 rings (SSSR count). The number of rotatable bonds is 4. The Bertz CT molecular complexity index is 865. The zero-order chi connectivity index (χ0) is 18.4. The molecule has 1 saturated heterocycles. The highest BCUT2D eigenvalue weighted by molar-refractivity contribution is 7.91. The fourth-order valence-corrected chi connectivity index (χ4v) is 5.29. The molecule has 2 fully saturated rings. The number of ether oxygens (including phenoxy) is 2. The van der Waals surface area contributed by atoms with Gasteiger partial charge in [-0.05, 0) is 24.6 Å². The van der Waals surface area contributed by atoms with Gasteiger partial charge in [0.2, 0.25) is 0 Å². The molecule has 7 nitrogen and oxygen atoms in total. The van der Waals surface area contributed by atoms with Gasteiger partial charge in [-0.3, -0.25) is 0 Å². The van der Waals surface area contributed by atoms with Gasteiger partial charge in [-0.2, -0.15) is 0 Å². The molecule has 25 heavy (non-hydrogen) atoms. The number of benzene rings is 1. The van der Waals surface area contributed by atoms with E-state index in [0.717, 1.165) is 25.4 Å². The lowest BCUT2D eigenvalue weighted by Crippen LogP contribution is -2.49. The van der Waals surface area contributed by atoms with Crippen LogP contribution >= 0.6 is 0 Å². The van der Waals surface area contributed by atoms with Crippen LogP contribution in [0.3, 0.4) is 0 Å². The molecule has 0 radical (unpaired) electrons. The Morgan fingerprint density at radius 2 is 1.84 bits per heavy atom. The summed E-state index contributed by atoms with van der Waals surface area (Å²) in [5.74, 6) is 0.